The van der Waals surface area contributed by atoms with Crippen LogP contribution in [0.25, 0.3) is 10.1 Å². The van der Waals surface area contributed by atoms with Gasteiger partial charge in [-0.25, -0.2) is 0 Å². The van der Waals surface area contributed by atoms with Crippen LogP contribution in [-0.4, -0.2) is 6.54 Å². The molecule has 0 atom stereocenters. The highest BCUT2D eigenvalue weighted by Gasteiger charge is 2.30. The summed E-state index contributed by atoms with van der Waals surface area (Å²) in [6.07, 6.45) is 2.77. The topological polar surface area (TPSA) is 12.0 Å². The van der Waals surface area contributed by atoms with Gasteiger partial charge in [0.05, 0.1) is 0 Å². The molecule has 20 heavy (non-hydrogen) atoms. The first-order valence-electron chi connectivity index (χ1n) is 7.80. The van der Waals surface area contributed by atoms with E-state index in [2.05, 4.69) is 45.1 Å². The number of hydrogen-bond acceptors (Lipinski definition) is 2. The first-order chi connectivity index (χ1) is 9.58. The monoisotopic (exact) mass is 287 g/mol. The third-order valence-electron chi connectivity index (χ3n) is 4.18. The number of hydrogen-bond donors (Lipinski definition) is 1. The van der Waals surface area contributed by atoms with E-state index in [-0.39, 0.29) is 0 Å². The maximum Gasteiger partial charge on any atom is 0.0381 e. The second-order valence-electron chi connectivity index (χ2n) is 6.64. The fraction of sp³-hybridized carbons (Fsp3) is 0.556. The number of rotatable bonds is 5. The van der Waals surface area contributed by atoms with Crippen molar-refractivity contribution in [1.29, 1.82) is 0 Å². The Morgan fingerprint density at radius 2 is 1.90 bits per heavy atom. The molecule has 1 heterocycles. The smallest absolute Gasteiger partial charge is 0.0381 e. The van der Waals surface area contributed by atoms with Gasteiger partial charge in [0.25, 0.3) is 0 Å². The third kappa shape index (κ3) is 2.64. The van der Waals surface area contributed by atoms with E-state index >= 15 is 0 Å². The van der Waals surface area contributed by atoms with Crippen molar-refractivity contribution in [3.05, 3.63) is 33.7 Å². The van der Waals surface area contributed by atoms with E-state index in [0.29, 0.717) is 0 Å². The summed E-state index contributed by atoms with van der Waals surface area (Å²) in [4.78, 5) is 1.58. The van der Waals surface area contributed by atoms with Crippen molar-refractivity contribution in [3.8, 4) is 0 Å². The lowest BCUT2D eigenvalue weighted by Gasteiger charge is -2.08. The Balaban J connectivity index is 2.00. The first-order valence-corrected chi connectivity index (χ1v) is 8.61. The zero-order chi connectivity index (χ0) is 14.3. The zero-order valence-corrected chi connectivity index (χ0v) is 13.9. The van der Waals surface area contributed by atoms with E-state index in [0.717, 1.165) is 24.9 Å². The Bertz CT molecular complexity index is 620. The van der Waals surface area contributed by atoms with E-state index in [9.17, 15) is 0 Å². The van der Waals surface area contributed by atoms with Crippen LogP contribution in [0.3, 0.4) is 0 Å². The predicted octanol–water partition coefficient (Wildman–Crippen LogP) is 5.14. The van der Waals surface area contributed by atoms with Crippen molar-refractivity contribution in [2.24, 2.45) is 5.92 Å². The Morgan fingerprint density at radius 1 is 1.20 bits per heavy atom. The molecule has 1 fully saturated rings. The molecule has 0 saturated heterocycles. The molecule has 1 saturated carbocycles. The molecule has 0 radical (unpaired) electrons. The molecule has 1 aliphatic rings. The minimum absolute atomic E-state index is 0.720. The van der Waals surface area contributed by atoms with E-state index in [1.165, 1.54) is 28.7 Å². The van der Waals surface area contributed by atoms with Crippen molar-refractivity contribution in [2.45, 2.75) is 53.0 Å². The number of thiophene rings is 1. The molecular weight excluding hydrogens is 262 g/mol. The molecule has 1 N–H and O–H groups in total. The maximum atomic E-state index is 3.63. The largest absolute Gasteiger partial charge is 0.312 e. The Labute approximate surface area is 126 Å². The van der Waals surface area contributed by atoms with E-state index in [1.54, 1.807) is 15.8 Å². The van der Waals surface area contributed by atoms with Gasteiger partial charge in [0.2, 0.25) is 0 Å². The second kappa shape index (κ2) is 5.50. The van der Waals surface area contributed by atoms with Crippen molar-refractivity contribution >= 4 is 21.4 Å². The normalized spacial score (nSPS) is 15.4. The summed E-state index contributed by atoms with van der Waals surface area (Å²) >= 11 is 2.02. The van der Waals surface area contributed by atoms with E-state index in [4.69, 9.17) is 0 Å². The summed E-state index contributed by atoms with van der Waals surface area (Å²) in [5.74, 6) is 1.55. The van der Waals surface area contributed by atoms with Crippen molar-refractivity contribution in [3.63, 3.8) is 0 Å². The second-order valence-corrected chi connectivity index (χ2v) is 7.75. The van der Waals surface area contributed by atoms with Gasteiger partial charge in [0, 0.05) is 16.1 Å². The van der Waals surface area contributed by atoms with Gasteiger partial charge in [-0.05, 0) is 67.1 Å². The number of fused-ring (bicyclic) bond motifs is 1. The molecule has 1 aromatic heterocycles. The zero-order valence-electron chi connectivity index (χ0n) is 13.0. The van der Waals surface area contributed by atoms with Crippen molar-refractivity contribution in [2.75, 3.05) is 6.54 Å². The standard InChI is InChI=1S/C18H25NS/c1-11(2)9-19-10-15-17(14-7-8-14)16-12(3)5-6-13(4)18(16)20-15/h5-6,11,14,19H,7-10H2,1-4H3. The Kier molecular flexibility index (Phi) is 3.87. The molecule has 2 heteroatoms. The molecule has 1 nitrogen and oxygen atoms in total. The molecule has 1 aromatic carbocycles. The van der Waals surface area contributed by atoms with Gasteiger partial charge in [-0.1, -0.05) is 26.0 Å². The predicted molar refractivity (Wildman–Crippen MR) is 89.8 cm³/mol. The summed E-state index contributed by atoms with van der Waals surface area (Å²) in [6, 6.07) is 4.57. The minimum atomic E-state index is 0.720. The van der Waals surface area contributed by atoms with Crippen molar-refractivity contribution < 1.29 is 0 Å². The van der Waals surface area contributed by atoms with E-state index in [1.807, 2.05) is 11.3 Å². The number of nitrogens with one attached hydrogen (secondary N) is 1. The highest BCUT2D eigenvalue weighted by molar-refractivity contribution is 7.19. The fourth-order valence-electron chi connectivity index (χ4n) is 2.98. The lowest BCUT2D eigenvalue weighted by atomic mass is 10.00. The lowest BCUT2D eigenvalue weighted by molar-refractivity contribution is 0.554. The van der Waals surface area contributed by atoms with Crippen LogP contribution >= 0.6 is 11.3 Å². The molecule has 0 spiro atoms. The molecule has 0 aliphatic heterocycles. The van der Waals surface area contributed by atoms with Gasteiger partial charge in [-0.15, -0.1) is 11.3 Å². The van der Waals surface area contributed by atoms with Crippen LogP contribution in [-0.2, 0) is 6.54 Å². The van der Waals surface area contributed by atoms with Crippen LogP contribution in [0.5, 0.6) is 0 Å². The molecule has 0 bridgehead atoms. The summed E-state index contributed by atoms with van der Waals surface area (Å²) in [5.41, 5.74) is 4.56. The first kappa shape index (κ1) is 14.1. The van der Waals surface area contributed by atoms with Gasteiger partial charge in [-0.3, -0.25) is 0 Å². The van der Waals surface area contributed by atoms with Crippen LogP contribution in [0, 0.1) is 19.8 Å². The average Bonchev–Trinajstić information content (AvgIpc) is 3.15. The number of benzene rings is 1. The van der Waals surface area contributed by atoms with Gasteiger partial charge >= 0.3 is 0 Å². The van der Waals surface area contributed by atoms with Crippen LogP contribution in [0.1, 0.15) is 54.2 Å². The van der Waals surface area contributed by atoms with Gasteiger partial charge < -0.3 is 5.32 Å². The third-order valence-corrected chi connectivity index (χ3v) is 5.52. The maximum absolute atomic E-state index is 3.63. The molecule has 1 aliphatic carbocycles. The molecular formula is C18H25NS. The fourth-order valence-corrected chi connectivity index (χ4v) is 4.38. The summed E-state index contributed by atoms with van der Waals surface area (Å²) < 4.78 is 1.52. The minimum Gasteiger partial charge on any atom is -0.312 e. The van der Waals surface area contributed by atoms with Crippen molar-refractivity contribution in [1.82, 2.24) is 5.32 Å². The Hall–Kier alpha value is -0.860. The highest BCUT2D eigenvalue weighted by atomic mass is 32.1. The quantitative estimate of drug-likeness (QED) is 0.802. The number of aryl methyl sites for hydroxylation is 2. The molecule has 3 rings (SSSR count). The van der Waals surface area contributed by atoms with Crippen LogP contribution in [0.15, 0.2) is 12.1 Å². The van der Waals surface area contributed by atoms with Crippen LogP contribution < -0.4 is 5.32 Å². The highest BCUT2D eigenvalue weighted by Crippen LogP contribution is 2.49. The van der Waals surface area contributed by atoms with Gasteiger partial charge in [0.15, 0.2) is 0 Å². The SMILES string of the molecule is Cc1ccc(C)c2c(C3CC3)c(CNCC(C)C)sc12. The summed E-state index contributed by atoms with van der Waals surface area (Å²) in [7, 11) is 0. The van der Waals surface area contributed by atoms with Gasteiger partial charge in [-0.2, -0.15) is 0 Å². The summed E-state index contributed by atoms with van der Waals surface area (Å²) in [5, 5.41) is 5.20. The van der Waals surface area contributed by atoms with Gasteiger partial charge in [0.1, 0.15) is 0 Å². The van der Waals surface area contributed by atoms with Crippen LogP contribution in [0.2, 0.25) is 0 Å². The van der Waals surface area contributed by atoms with Crippen LogP contribution in [0.4, 0.5) is 0 Å². The molecule has 108 valence electrons. The molecule has 0 amide bonds. The Morgan fingerprint density at radius 3 is 2.55 bits per heavy atom. The lowest BCUT2D eigenvalue weighted by Crippen LogP contribution is -2.18. The molecule has 0 unspecified atom stereocenters. The van der Waals surface area contributed by atoms with E-state index < -0.39 is 0 Å². The average molecular weight is 287 g/mol. The molecule has 2 aromatic rings. The summed E-state index contributed by atoms with van der Waals surface area (Å²) in [6.45, 7) is 11.2.